The quantitative estimate of drug-likeness (QED) is 0.827. The van der Waals surface area contributed by atoms with E-state index < -0.39 is 11.9 Å². The zero-order valence-corrected chi connectivity index (χ0v) is 9.06. The summed E-state index contributed by atoms with van der Waals surface area (Å²) in [5.74, 6) is -1.67. The number of nitrogens with zero attached hydrogens (tertiary/aromatic N) is 1. The second-order valence-electron chi connectivity index (χ2n) is 4.33. The molecule has 1 aromatic carbocycles. The van der Waals surface area contributed by atoms with E-state index in [2.05, 4.69) is 0 Å². The van der Waals surface area contributed by atoms with Gasteiger partial charge in [0, 0.05) is 19.0 Å². The van der Waals surface area contributed by atoms with Gasteiger partial charge in [-0.25, -0.2) is 4.39 Å². The number of carbonyl (C=O) groups is 1. The molecule has 2 rings (SSSR count). The van der Waals surface area contributed by atoms with E-state index in [9.17, 15) is 9.18 Å². The summed E-state index contributed by atoms with van der Waals surface area (Å²) in [7, 11) is 1.88. The number of hydrogen-bond acceptors (Lipinski definition) is 2. The SMILES string of the molecule is CN1C[C@H](c2cccc(F)c2)[C@H](C(=O)O)C1. The van der Waals surface area contributed by atoms with Crippen molar-refractivity contribution in [1.82, 2.24) is 4.90 Å². The van der Waals surface area contributed by atoms with Crippen molar-refractivity contribution >= 4 is 5.97 Å². The van der Waals surface area contributed by atoms with Gasteiger partial charge in [0.2, 0.25) is 0 Å². The summed E-state index contributed by atoms with van der Waals surface area (Å²) >= 11 is 0. The molecular weight excluding hydrogens is 209 g/mol. The van der Waals surface area contributed by atoms with Gasteiger partial charge < -0.3 is 10.0 Å². The van der Waals surface area contributed by atoms with Crippen LogP contribution < -0.4 is 0 Å². The standard InChI is InChI=1S/C12H14FNO2/c1-14-6-10(11(7-14)12(15)16)8-3-2-4-9(13)5-8/h2-5,10-11H,6-7H2,1H3,(H,15,16)/t10-,11-/m1/s1. The van der Waals surface area contributed by atoms with Gasteiger partial charge in [-0.2, -0.15) is 0 Å². The summed E-state index contributed by atoms with van der Waals surface area (Å²) in [5, 5.41) is 9.11. The zero-order chi connectivity index (χ0) is 11.7. The maximum Gasteiger partial charge on any atom is 0.308 e. The molecule has 1 heterocycles. The smallest absolute Gasteiger partial charge is 0.308 e. The molecule has 16 heavy (non-hydrogen) atoms. The van der Waals surface area contributed by atoms with Gasteiger partial charge in [0.25, 0.3) is 0 Å². The van der Waals surface area contributed by atoms with E-state index in [0.717, 1.165) is 5.56 Å². The second-order valence-corrected chi connectivity index (χ2v) is 4.33. The van der Waals surface area contributed by atoms with E-state index in [4.69, 9.17) is 5.11 Å². The summed E-state index contributed by atoms with van der Waals surface area (Å²) < 4.78 is 13.1. The maximum atomic E-state index is 13.1. The Bertz CT molecular complexity index is 408. The van der Waals surface area contributed by atoms with Crippen molar-refractivity contribution < 1.29 is 14.3 Å². The van der Waals surface area contributed by atoms with Gasteiger partial charge in [0.1, 0.15) is 5.82 Å². The van der Waals surface area contributed by atoms with E-state index in [-0.39, 0.29) is 11.7 Å². The first-order valence-corrected chi connectivity index (χ1v) is 5.24. The van der Waals surface area contributed by atoms with E-state index in [1.165, 1.54) is 12.1 Å². The second kappa shape index (κ2) is 4.22. The summed E-state index contributed by atoms with van der Waals surface area (Å²) in [6, 6.07) is 6.22. The lowest BCUT2D eigenvalue weighted by Crippen LogP contribution is -2.21. The average Bonchev–Trinajstić information content (AvgIpc) is 2.60. The van der Waals surface area contributed by atoms with Crippen LogP contribution in [0.15, 0.2) is 24.3 Å². The predicted molar refractivity (Wildman–Crippen MR) is 57.8 cm³/mol. The van der Waals surface area contributed by atoms with Gasteiger partial charge in [-0.15, -0.1) is 0 Å². The summed E-state index contributed by atoms with van der Waals surface area (Å²) in [4.78, 5) is 13.1. The van der Waals surface area contributed by atoms with Gasteiger partial charge in [0.05, 0.1) is 5.92 Å². The van der Waals surface area contributed by atoms with Gasteiger partial charge in [-0.05, 0) is 24.7 Å². The van der Waals surface area contributed by atoms with E-state index in [1.54, 1.807) is 12.1 Å². The highest BCUT2D eigenvalue weighted by molar-refractivity contribution is 5.72. The normalized spacial score (nSPS) is 25.9. The molecule has 1 saturated heterocycles. The predicted octanol–water partition coefficient (Wildman–Crippen LogP) is 1.56. The number of carboxylic acids is 1. The fraction of sp³-hybridized carbons (Fsp3) is 0.417. The fourth-order valence-electron chi connectivity index (χ4n) is 2.33. The van der Waals surface area contributed by atoms with Gasteiger partial charge >= 0.3 is 5.97 Å². The minimum absolute atomic E-state index is 0.113. The molecule has 0 unspecified atom stereocenters. The van der Waals surface area contributed by atoms with Crippen molar-refractivity contribution in [1.29, 1.82) is 0 Å². The van der Waals surface area contributed by atoms with Crippen LogP contribution in [0, 0.1) is 11.7 Å². The van der Waals surface area contributed by atoms with Crippen LogP contribution in [0.2, 0.25) is 0 Å². The van der Waals surface area contributed by atoms with E-state index in [0.29, 0.717) is 13.1 Å². The number of likely N-dealkylation sites (tertiary alicyclic amines) is 1. The molecule has 0 bridgehead atoms. The molecule has 1 aromatic rings. The number of likely N-dealkylation sites (N-methyl/N-ethyl adjacent to an activating group) is 1. The number of benzene rings is 1. The van der Waals surface area contributed by atoms with Gasteiger partial charge in [0.15, 0.2) is 0 Å². The zero-order valence-electron chi connectivity index (χ0n) is 9.06. The first kappa shape index (κ1) is 11.1. The van der Waals surface area contributed by atoms with Crippen molar-refractivity contribution in [2.75, 3.05) is 20.1 Å². The highest BCUT2D eigenvalue weighted by Crippen LogP contribution is 2.32. The molecule has 0 aliphatic carbocycles. The Morgan fingerprint density at radius 3 is 2.88 bits per heavy atom. The largest absolute Gasteiger partial charge is 0.481 e. The highest BCUT2D eigenvalue weighted by Gasteiger charge is 2.36. The Morgan fingerprint density at radius 1 is 1.50 bits per heavy atom. The molecule has 0 amide bonds. The molecule has 0 saturated carbocycles. The number of carboxylic acid groups (broad SMARTS) is 1. The number of hydrogen-bond donors (Lipinski definition) is 1. The maximum absolute atomic E-state index is 13.1. The topological polar surface area (TPSA) is 40.5 Å². The molecule has 0 spiro atoms. The molecule has 4 heteroatoms. The lowest BCUT2D eigenvalue weighted by molar-refractivity contribution is -0.141. The number of halogens is 1. The Morgan fingerprint density at radius 2 is 2.25 bits per heavy atom. The molecule has 0 radical (unpaired) electrons. The third kappa shape index (κ3) is 2.07. The van der Waals surface area contributed by atoms with E-state index in [1.807, 2.05) is 11.9 Å². The average molecular weight is 223 g/mol. The molecule has 0 aromatic heterocycles. The third-order valence-corrected chi connectivity index (χ3v) is 3.10. The first-order valence-electron chi connectivity index (χ1n) is 5.24. The van der Waals surface area contributed by atoms with Gasteiger partial charge in [-0.1, -0.05) is 12.1 Å². The van der Waals surface area contributed by atoms with Crippen molar-refractivity contribution in [2.24, 2.45) is 5.92 Å². The first-order chi connectivity index (χ1) is 7.58. The lowest BCUT2D eigenvalue weighted by atomic mass is 9.89. The number of rotatable bonds is 2. The van der Waals surface area contributed by atoms with Crippen LogP contribution in [0.5, 0.6) is 0 Å². The third-order valence-electron chi connectivity index (χ3n) is 3.10. The van der Waals surface area contributed by atoms with Crippen molar-refractivity contribution in [3.05, 3.63) is 35.6 Å². The summed E-state index contributed by atoms with van der Waals surface area (Å²) in [6.45, 7) is 1.19. The van der Waals surface area contributed by atoms with Gasteiger partial charge in [-0.3, -0.25) is 4.79 Å². The van der Waals surface area contributed by atoms with E-state index >= 15 is 0 Å². The summed E-state index contributed by atoms with van der Waals surface area (Å²) in [6.07, 6.45) is 0. The van der Waals surface area contributed by atoms with Crippen LogP contribution in [0.1, 0.15) is 11.5 Å². The minimum atomic E-state index is -0.807. The molecule has 2 atom stereocenters. The Kier molecular flexibility index (Phi) is 2.92. The minimum Gasteiger partial charge on any atom is -0.481 e. The van der Waals surface area contributed by atoms with Crippen LogP contribution in [0.4, 0.5) is 4.39 Å². The van der Waals surface area contributed by atoms with Crippen molar-refractivity contribution in [3.8, 4) is 0 Å². The highest BCUT2D eigenvalue weighted by atomic mass is 19.1. The molecule has 1 fully saturated rings. The molecule has 1 N–H and O–H groups in total. The molecule has 1 aliphatic heterocycles. The van der Waals surface area contributed by atoms with Crippen LogP contribution in [-0.4, -0.2) is 36.1 Å². The van der Waals surface area contributed by atoms with Crippen molar-refractivity contribution in [2.45, 2.75) is 5.92 Å². The Labute approximate surface area is 93.5 Å². The lowest BCUT2D eigenvalue weighted by Gasteiger charge is -2.14. The Hall–Kier alpha value is -1.42. The van der Waals surface area contributed by atoms with Crippen molar-refractivity contribution in [3.63, 3.8) is 0 Å². The Balaban J connectivity index is 2.28. The number of aliphatic carboxylic acids is 1. The van der Waals surface area contributed by atoms with Crippen LogP contribution in [0.25, 0.3) is 0 Å². The fourth-order valence-corrected chi connectivity index (χ4v) is 2.33. The molecule has 86 valence electrons. The monoisotopic (exact) mass is 223 g/mol. The summed E-state index contributed by atoms with van der Waals surface area (Å²) in [5.41, 5.74) is 0.775. The molecular formula is C12H14FNO2. The molecule has 1 aliphatic rings. The van der Waals surface area contributed by atoms with Crippen LogP contribution in [0.3, 0.4) is 0 Å². The molecule has 3 nitrogen and oxygen atoms in total. The van der Waals surface area contributed by atoms with Crippen LogP contribution >= 0.6 is 0 Å². The van der Waals surface area contributed by atoms with Crippen LogP contribution in [-0.2, 0) is 4.79 Å².